The number of fused-ring (bicyclic) bond motifs is 4. The molecule has 0 aliphatic heterocycles. The van der Waals surface area contributed by atoms with Gasteiger partial charge in [0.25, 0.3) is 0 Å². The molecule has 0 spiro atoms. The topological polar surface area (TPSA) is 221 Å². The standard InChI is InChI=1S/2C23H18NO2.2C15H10N.2C10H8N2O2.4Ir/c2*1-25-20-13-19(14-21(15-20)26-2)17-7-5-8-18(12-17)23-22-9-4-3-6-16(22)10-11-24-23;2*1-2-7-13(8-3-1)15-14-9-5-4-6-12(14)10-11-16-15;2*13-7-3-1-5-11-9(7)10-8(14)4-2-6-12-10;;;;/h2*3-7,9-15H,1-2H3;2*1-7,9-11H;2*1-6,13-14H;;;;/q4*-1;;;;;;. The van der Waals surface area contributed by atoms with E-state index in [-0.39, 0.29) is 126 Å². The number of pyridine rings is 8. The Kier molecular flexibility index (Phi) is 32.9. The predicted molar refractivity (Wildman–Crippen MR) is 443 cm³/mol. The maximum Gasteiger partial charge on any atom is 0.143 e. The van der Waals surface area contributed by atoms with Crippen LogP contribution < -0.4 is 18.9 Å². The van der Waals surface area contributed by atoms with E-state index in [4.69, 9.17) is 18.9 Å². The minimum Gasteiger partial charge on any atom is -0.506 e. The maximum atomic E-state index is 9.47. The molecule has 0 saturated heterocycles. The smallest absolute Gasteiger partial charge is 0.143 e. The molecule has 4 N–H and O–H groups in total. The second kappa shape index (κ2) is 43.6. The van der Waals surface area contributed by atoms with Gasteiger partial charge in [0.15, 0.2) is 0 Å². The number of aromatic hydroxyl groups is 4. The van der Waals surface area contributed by atoms with E-state index >= 15 is 0 Å². The van der Waals surface area contributed by atoms with Crippen LogP contribution in [0, 0.1) is 24.3 Å². The molecule has 116 heavy (non-hydrogen) atoms. The number of benzene rings is 10. The molecule has 0 atom stereocenters. The predicted octanol–water partition coefficient (Wildman–Crippen LogP) is 21.3. The average Bonchev–Trinajstić information content (AvgIpc) is 0.441. The van der Waals surface area contributed by atoms with Gasteiger partial charge >= 0.3 is 0 Å². The first kappa shape index (κ1) is 87.4. The van der Waals surface area contributed by atoms with Crippen molar-refractivity contribution in [1.29, 1.82) is 0 Å². The zero-order chi connectivity index (χ0) is 77.4. The Hall–Kier alpha value is -12.6. The molecule has 10 aromatic carbocycles. The Morgan fingerprint density at radius 1 is 0.216 bits per heavy atom. The largest absolute Gasteiger partial charge is 0.506 e. The summed E-state index contributed by atoms with van der Waals surface area (Å²) >= 11 is 0. The van der Waals surface area contributed by atoms with Gasteiger partial charge in [0.1, 0.15) is 68.8 Å². The van der Waals surface area contributed by atoms with Crippen molar-refractivity contribution in [2.75, 3.05) is 28.4 Å². The minimum atomic E-state index is 0. The Bertz CT molecular complexity index is 5690. The van der Waals surface area contributed by atoms with Crippen LogP contribution in [0.15, 0.2) is 341 Å². The van der Waals surface area contributed by atoms with Crippen molar-refractivity contribution in [1.82, 2.24) is 39.9 Å². The van der Waals surface area contributed by atoms with E-state index < -0.39 is 0 Å². The van der Waals surface area contributed by atoms with Crippen molar-refractivity contribution in [2.45, 2.75) is 0 Å². The summed E-state index contributed by atoms with van der Waals surface area (Å²) < 4.78 is 21.6. The first-order chi connectivity index (χ1) is 55.0. The van der Waals surface area contributed by atoms with E-state index in [2.05, 4.69) is 125 Å². The Balaban J connectivity index is 0.000000161. The molecule has 16 nitrogen and oxygen atoms in total. The summed E-state index contributed by atoms with van der Waals surface area (Å²) in [4.78, 5) is 33.8. The SMILES string of the molecule is COc1cc(OC)cc(-c2cc[c-]c(-c3nccc4ccccc34)c2)c1.COc1cc(OC)cc(-c2cc[c-]c(-c3nccc4ccccc34)c2)c1.Oc1cccnc1-c1ncccc1O.Oc1cccnc1-c1ncccc1O.[Ir].[Ir].[Ir].[Ir].[c-]1ccccc1-c1nccc2ccccc12.[c-]1ccccc1-c1nccc2ccccc12. The molecule has 4 radical (unpaired) electrons. The van der Waals surface area contributed by atoms with Gasteiger partial charge in [-0.15, -0.1) is 143 Å². The quantitative estimate of drug-likeness (QED) is 0.0835. The molecule has 0 aliphatic carbocycles. The first-order valence-corrected chi connectivity index (χ1v) is 35.4. The number of ether oxygens (including phenoxy) is 4. The number of rotatable bonds is 12. The molecule has 20 heteroatoms. The number of hydrogen-bond acceptors (Lipinski definition) is 16. The van der Waals surface area contributed by atoms with Crippen LogP contribution >= 0.6 is 0 Å². The molecule has 0 unspecified atom stereocenters. The van der Waals surface area contributed by atoms with Gasteiger partial charge in [-0.05, 0) is 174 Å². The van der Waals surface area contributed by atoms with E-state index in [1.165, 1.54) is 81.4 Å². The van der Waals surface area contributed by atoms with Crippen molar-refractivity contribution in [3.8, 4) is 136 Å². The van der Waals surface area contributed by atoms with Gasteiger partial charge in [0.2, 0.25) is 0 Å². The zero-order valence-electron chi connectivity index (χ0n) is 62.7. The zero-order valence-corrected chi connectivity index (χ0v) is 72.2. The molecule has 0 saturated carbocycles. The molecule has 584 valence electrons. The fourth-order valence-corrected chi connectivity index (χ4v) is 12.2. The van der Waals surface area contributed by atoms with Crippen molar-refractivity contribution < 1.29 is 120 Å². The summed E-state index contributed by atoms with van der Waals surface area (Å²) in [7, 11) is 6.62. The number of methoxy groups -OCH3 is 4. The van der Waals surface area contributed by atoms with E-state index in [0.717, 1.165) is 101 Å². The average molecular weight is 2230 g/mol. The summed E-state index contributed by atoms with van der Waals surface area (Å²) in [5, 5.41) is 47.2. The van der Waals surface area contributed by atoms with Crippen LogP contribution in [0.1, 0.15) is 0 Å². The molecule has 0 amide bonds. The molecule has 0 fully saturated rings. The monoisotopic (exact) mass is 2240 g/mol. The van der Waals surface area contributed by atoms with E-state index in [1.807, 2.05) is 207 Å². The van der Waals surface area contributed by atoms with Crippen LogP contribution in [0.25, 0.3) is 133 Å². The molecule has 18 aromatic rings. The van der Waals surface area contributed by atoms with Gasteiger partial charge < -0.3 is 59.3 Å². The van der Waals surface area contributed by atoms with Gasteiger partial charge in [-0.1, -0.05) is 97.1 Å². The second-order valence-electron chi connectivity index (χ2n) is 24.7. The van der Waals surface area contributed by atoms with Crippen LogP contribution in [-0.4, -0.2) is 88.7 Å². The van der Waals surface area contributed by atoms with E-state index in [1.54, 1.807) is 52.7 Å². The summed E-state index contributed by atoms with van der Waals surface area (Å²) in [6, 6.07) is 106. The van der Waals surface area contributed by atoms with Crippen molar-refractivity contribution in [3.63, 3.8) is 0 Å². The molecule has 8 heterocycles. The van der Waals surface area contributed by atoms with Crippen LogP contribution in [0.5, 0.6) is 46.0 Å². The van der Waals surface area contributed by atoms with E-state index in [0.29, 0.717) is 0 Å². The molecule has 0 aliphatic rings. The third-order valence-corrected chi connectivity index (χ3v) is 17.7. The molecule has 8 aromatic heterocycles. The number of hydrogen-bond donors (Lipinski definition) is 4. The minimum absolute atomic E-state index is 0. The van der Waals surface area contributed by atoms with Gasteiger partial charge in [-0.25, -0.2) is 0 Å². The number of nitrogens with zero attached hydrogens (tertiary/aromatic N) is 8. The molecule has 18 rings (SSSR count). The molecular weight excluding hydrogens is 2160 g/mol. The van der Waals surface area contributed by atoms with Gasteiger partial charge in [-0.2, -0.15) is 0 Å². The van der Waals surface area contributed by atoms with Crippen LogP contribution in [0.4, 0.5) is 0 Å². The Morgan fingerprint density at radius 2 is 0.466 bits per heavy atom. The fourth-order valence-electron chi connectivity index (χ4n) is 12.2. The molecule has 0 bridgehead atoms. The summed E-state index contributed by atoms with van der Waals surface area (Å²) in [6.07, 6.45) is 13.5. The normalized spacial score (nSPS) is 10.1. The van der Waals surface area contributed by atoms with Crippen molar-refractivity contribution >= 4 is 43.1 Å². The van der Waals surface area contributed by atoms with Gasteiger partial charge in [0.05, 0.1) is 28.4 Å². The third-order valence-electron chi connectivity index (χ3n) is 17.7. The molecular formula is C96H72Ir4N8O8-4. The van der Waals surface area contributed by atoms with Crippen molar-refractivity contribution in [3.05, 3.63) is 365 Å². The van der Waals surface area contributed by atoms with Gasteiger partial charge in [0, 0.05) is 142 Å². The van der Waals surface area contributed by atoms with Crippen molar-refractivity contribution in [2.24, 2.45) is 0 Å². The Labute approximate surface area is 726 Å². The summed E-state index contributed by atoms with van der Waals surface area (Å²) in [5.74, 6) is 3.05. The first-order valence-electron chi connectivity index (χ1n) is 35.4. The summed E-state index contributed by atoms with van der Waals surface area (Å²) in [5.41, 5.74) is 13.2. The van der Waals surface area contributed by atoms with E-state index in [9.17, 15) is 20.4 Å². The van der Waals surface area contributed by atoms with Gasteiger partial charge in [-0.3, -0.25) is 19.9 Å². The van der Waals surface area contributed by atoms with Crippen LogP contribution in [0.3, 0.4) is 0 Å². The Morgan fingerprint density at radius 3 is 0.724 bits per heavy atom. The third kappa shape index (κ3) is 22.0. The summed E-state index contributed by atoms with van der Waals surface area (Å²) in [6.45, 7) is 0. The second-order valence-corrected chi connectivity index (χ2v) is 24.7. The maximum absolute atomic E-state index is 9.47. The van der Waals surface area contributed by atoms with Crippen LogP contribution in [-0.2, 0) is 80.4 Å². The fraction of sp³-hybridized carbons (Fsp3) is 0.0417. The van der Waals surface area contributed by atoms with Crippen LogP contribution in [0.2, 0.25) is 0 Å². The number of aromatic nitrogens is 8.